The standard InChI is InChI=1S/C14H18FNO5/c1-14(2,3)21-13(20)16-8-4-5-10(15)9(6-8)11(17)7-12(18)19/h4-6,11,17H,7H2,1-3H3,(H,16,20)(H,18,19). The number of aliphatic carboxylic acids is 1. The number of ether oxygens (including phenoxy) is 1. The predicted molar refractivity (Wildman–Crippen MR) is 73.5 cm³/mol. The Labute approximate surface area is 121 Å². The van der Waals surface area contributed by atoms with E-state index in [-0.39, 0.29) is 11.3 Å². The first-order valence-electron chi connectivity index (χ1n) is 6.28. The van der Waals surface area contributed by atoms with E-state index in [9.17, 15) is 19.1 Å². The van der Waals surface area contributed by atoms with E-state index in [0.717, 1.165) is 6.07 Å². The lowest BCUT2D eigenvalue weighted by Gasteiger charge is -2.20. The van der Waals surface area contributed by atoms with Gasteiger partial charge in [0.25, 0.3) is 0 Å². The molecule has 0 spiro atoms. The Morgan fingerprint density at radius 1 is 1.38 bits per heavy atom. The minimum Gasteiger partial charge on any atom is -0.481 e. The molecule has 0 heterocycles. The Balaban J connectivity index is 2.86. The summed E-state index contributed by atoms with van der Waals surface area (Å²) in [5.74, 6) is -2.01. The molecule has 7 heteroatoms. The molecule has 1 rings (SSSR count). The van der Waals surface area contributed by atoms with E-state index in [4.69, 9.17) is 9.84 Å². The molecule has 1 aromatic carbocycles. The van der Waals surface area contributed by atoms with Crippen LogP contribution in [-0.4, -0.2) is 27.9 Å². The fraction of sp³-hybridized carbons (Fsp3) is 0.429. The van der Waals surface area contributed by atoms with E-state index in [1.807, 2.05) is 0 Å². The van der Waals surface area contributed by atoms with E-state index in [1.165, 1.54) is 12.1 Å². The predicted octanol–water partition coefficient (Wildman–Crippen LogP) is 2.68. The highest BCUT2D eigenvalue weighted by molar-refractivity contribution is 5.85. The van der Waals surface area contributed by atoms with Crippen molar-refractivity contribution in [1.29, 1.82) is 0 Å². The number of carboxylic acids is 1. The first-order chi connectivity index (χ1) is 9.58. The molecule has 21 heavy (non-hydrogen) atoms. The summed E-state index contributed by atoms with van der Waals surface area (Å²) < 4.78 is 18.6. The van der Waals surface area contributed by atoms with Gasteiger partial charge in [-0.2, -0.15) is 0 Å². The molecule has 3 N–H and O–H groups in total. The number of carboxylic acid groups (broad SMARTS) is 1. The average Bonchev–Trinajstić information content (AvgIpc) is 2.28. The van der Waals surface area contributed by atoms with Crippen LogP contribution in [0.5, 0.6) is 0 Å². The molecule has 1 unspecified atom stereocenters. The number of amides is 1. The number of nitrogens with one attached hydrogen (secondary N) is 1. The molecule has 0 aliphatic rings. The van der Waals surface area contributed by atoms with Gasteiger partial charge in [0.15, 0.2) is 0 Å². The third-order valence-corrected chi connectivity index (χ3v) is 2.37. The first-order valence-corrected chi connectivity index (χ1v) is 6.28. The normalized spacial score (nSPS) is 12.6. The van der Waals surface area contributed by atoms with Crippen LogP contribution in [-0.2, 0) is 9.53 Å². The highest BCUT2D eigenvalue weighted by Crippen LogP contribution is 2.24. The highest BCUT2D eigenvalue weighted by Gasteiger charge is 2.19. The summed E-state index contributed by atoms with van der Waals surface area (Å²) in [4.78, 5) is 22.1. The minimum atomic E-state index is -1.50. The third kappa shape index (κ3) is 5.78. The maximum absolute atomic E-state index is 13.6. The van der Waals surface area contributed by atoms with E-state index in [2.05, 4.69) is 5.32 Å². The van der Waals surface area contributed by atoms with Crippen molar-refractivity contribution in [2.45, 2.75) is 38.9 Å². The second kappa shape index (κ2) is 6.53. The minimum absolute atomic E-state index is 0.199. The zero-order chi connectivity index (χ0) is 16.2. The summed E-state index contributed by atoms with van der Waals surface area (Å²) in [5, 5.41) is 20.6. The van der Waals surface area contributed by atoms with Crippen LogP contribution in [0.15, 0.2) is 18.2 Å². The number of aliphatic hydroxyl groups excluding tert-OH is 1. The van der Waals surface area contributed by atoms with Crippen molar-refractivity contribution in [2.24, 2.45) is 0 Å². The quantitative estimate of drug-likeness (QED) is 0.794. The van der Waals surface area contributed by atoms with Gasteiger partial charge in [0.05, 0.1) is 12.5 Å². The van der Waals surface area contributed by atoms with Crippen molar-refractivity contribution in [3.63, 3.8) is 0 Å². The maximum atomic E-state index is 13.6. The summed E-state index contributed by atoms with van der Waals surface area (Å²) in [6.07, 6.45) is -2.86. The van der Waals surface area contributed by atoms with Gasteiger partial charge in [0.1, 0.15) is 11.4 Å². The Morgan fingerprint density at radius 2 is 2.00 bits per heavy atom. The molecule has 1 atom stereocenters. The molecule has 0 bridgehead atoms. The van der Waals surface area contributed by atoms with E-state index in [1.54, 1.807) is 20.8 Å². The van der Waals surface area contributed by atoms with Gasteiger partial charge in [-0.1, -0.05) is 0 Å². The molecule has 1 amide bonds. The van der Waals surface area contributed by atoms with Crippen LogP contribution < -0.4 is 5.32 Å². The fourth-order valence-corrected chi connectivity index (χ4v) is 1.57. The largest absolute Gasteiger partial charge is 0.481 e. The highest BCUT2D eigenvalue weighted by atomic mass is 19.1. The fourth-order valence-electron chi connectivity index (χ4n) is 1.57. The molecule has 0 aliphatic carbocycles. The second-order valence-corrected chi connectivity index (χ2v) is 5.48. The van der Waals surface area contributed by atoms with Crippen LogP contribution >= 0.6 is 0 Å². The molecule has 0 saturated carbocycles. The van der Waals surface area contributed by atoms with E-state index >= 15 is 0 Å². The zero-order valence-corrected chi connectivity index (χ0v) is 12.0. The number of carbonyl (C=O) groups is 2. The second-order valence-electron chi connectivity index (χ2n) is 5.48. The van der Waals surface area contributed by atoms with Crippen molar-refractivity contribution in [3.05, 3.63) is 29.6 Å². The van der Waals surface area contributed by atoms with Crippen LogP contribution in [0.3, 0.4) is 0 Å². The molecule has 6 nitrogen and oxygen atoms in total. The van der Waals surface area contributed by atoms with Gasteiger partial charge < -0.3 is 14.9 Å². The monoisotopic (exact) mass is 299 g/mol. The number of anilines is 1. The Morgan fingerprint density at radius 3 is 2.52 bits per heavy atom. The lowest BCUT2D eigenvalue weighted by atomic mass is 10.1. The van der Waals surface area contributed by atoms with Crippen molar-refractivity contribution >= 4 is 17.7 Å². The molecule has 0 radical (unpaired) electrons. The number of halogens is 1. The number of rotatable bonds is 4. The zero-order valence-electron chi connectivity index (χ0n) is 12.0. The molecular formula is C14H18FNO5. The molecule has 116 valence electrons. The van der Waals surface area contributed by atoms with Gasteiger partial charge in [0, 0.05) is 11.3 Å². The van der Waals surface area contributed by atoms with Crippen molar-refractivity contribution in [2.75, 3.05) is 5.32 Å². The van der Waals surface area contributed by atoms with Gasteiger partial charge in [-0.15, -0.1) is 0 Å². The van der Waals surface area contributed by atoms with Crippen LogP contribution in [0.1, 0.15) is 38.9 Å². The topological polar surface area (TPSA) is 95.9 Å². The SMILES string of the molecule is CC(C)(C)OC(=O)Nc1ccc(F)c(C(O)CC(=O)O)c1. The van der Waals surface area contributed by atoms with Gasteiger partial charge in [-0.25, -0.2) is 9.18 Å². The van der Waals surface area contributed by atoms with Crippen molar-refractivity contribution < 1.29 is 28.9 Å². The molecule has 0 aromatic heterocycles. The van der Waals surface area contributed by atoms with Gasteiger partial charge >= 0.3 is 12.1 Å². The average molecular weight is 299 g/mol. The summed E-state index contributed by atoms with van der Waals surface area (Å²) in [6, 6.07) is 3.50. The van der Waals surface area contributed by atoms with Crippen LogP contribution in [0.2, 0.25) is 0 Å². The number of hydrogen-bond acceptors (Lipinski definition) is 4. The molecular weight excluding hydrogens is 281 g/mol. The Hall–Kier alpha value is -2.15. The van der Waals surface area contributed by atoms with Crippen molar-refractivity contribution in [3.8, 4) is 0 Å². The van der Waals surface area contributed by atoms with Crippen molar-refractivity contribution in [1.82, 2.24) is 0 Å². The van der Waals surface area contributed by atoms with Gasteiger partial charge in [-0.3, -0.25) is 10.1 Å². The third-order valence-electron chi connectivity index (χ3n) is 2.37. The molecule has 0 fully saturated rings. The Kier molecular flexibility index (Phi) is 5.26. The number of carbonyl (C=O) groups excluding carboxylic acids is 1. The maximum Gasteiger partial charge on any atom is 0.412 e. The summed E-state index contributed by atoms with van der Waals surface area (Å²) >= 11 is 0. The molecule has 0 saturated heterocycles. The summed E-state index contributed by atoms with van der Waals surface area (Å²) in [7, 11) is 0. The van der Waals surface area contributed by atoms with Gasteiger partial charge in [0.2, 0.25) is 0 Å². The van der Waals surface area contributed by atoms with Crippen LogP contribution in [0.4, 0.5) is 14.9 Å². The number of aliphatic hydroxyl groups is 1. The van der Waals surface area contributed by atoms with E-state index < -0.39 is 36.0 Å². The lowest BCUT2D eigenvalue weighted by molar-refractivity contribution is -0.139. The molecule has 1 aromatic rings. The smallest absolute Gasteiger partial charge is 0.412 e. The van der Waals surface area contributed by atoms with Crippen LogP contribution in [0, 0.1) is 5.82 Å². The first kappa shape index (κ1) is 16.9. The van der Waals surface area contributed by atoms with Gasteiger partial charge in [-0.05, 0) is 39.0 Å². The lowest BCUT2D eigenvalue weighted by Crippen LogP contribution is -2.27. The number of hydrogen-bond donors (Lipinski definition) is 3. The summed E-state index contributed by atoms with van der Waals surface area (Å²) in [5.41, 5.74) is -0.688. The Bertz CT molecular complexity index is 539. The van der Waals surface area contributed by atoms with E-state index in [0.29, 0.717) is 0 Å². The summed E-state index contributed by atoms with van der Waals surface area (Å²) in [6.45, 7) is 5.08. The number of benzene rings is 1. The molecule has 0 aliphatic heterocycles. The van der Waals surface area contributed by atoms with Crippen LogP contribution in [0.25, 0.3) is 0 Å².